The Hall–Kier alpha value is -0.380. The maximum Gasteiger partial charge on any atom is 0.158 e. The highest BCUT2D eigenvalue weighted by Gasteiger charge is 2.39. The van der Waals surface area contributed by atoms with E-state index in [0.29, 0.717) is 17.9 Å². The van der Waals surface area contributed by atoms with E-state index >= 15 is 0 Å². The van der Waals surface area contributed by atoms with Crippen LogP contribution in [0.2, 0.25) is 0 Å². The molecule has 3 fully saturated rings. The fourth-order valence-corrected chi connectivity index (χ4v) is 4.00. The van der Waals surface area contributed by atoms with Crippen LogP contribution in [0.15, 0.2) is 12.2 Å². The Bertz CT molecular complexity index is 309. The lowest BCUT2D eigenvalue weighted by Gasteiger charge is -2.43. The molecule has 0 radical (unpaired) electrons. The van der Waals surface area contributed by atoms with Crippen LogP contribution >= 0.6 is 0 Å². The van der Waals surface area contributed by atoms with Crippen molar-refractivity contribution in [3.05, 3.63) is 12.2 Å². The molecule has 4 atom stereocenters. The Labute approximate surface area is 116 Å². The zero-order valence-electron chi connectivity index (χ0n) is 11.9. The maximum absolute atomic E-state index is 5.98. The van der Waals surface area contributed by atoms with E-state index in [2.05, 4.69) is 19.1 Å². The number of fused-ring (bicyclic) bond motifs is 1. The summed E-state index contributed by atoms with van der Waals surface area (Å²) in [5.41, 5.74) is 0. The van der Waals surface area contributed by atoms with Gasteiger partial charge in [-0.3, -0.25) is 0 Å². The van der Waals surface area contributed by atoms with Crippen LogP contribution in [0.1, 0.15) is 39.0 Å². The molecule has 2 aliphatic heterocycles. The van der Waals surface area contributed by atoms with Crippen molar-refractivity contribution >= 4 is 0 Å². The van der Waals surface area contributed by atoms with Crippen LogP contribution < -0.4 is 0 Å². The van der Waals surface area contributed by atoms with Crippen molar-refractivity contribution < 1.29 is 14.2 Å². The van der Waals surface area contributed by atoms with Crippen molar-refractivity contribution in [2.75, 3.05) is 19.8 Å². The molecule has 108 valence electrons. The maximum atomic E-state index is 5.98. The SMILES string of the molecule is C/C=C\[C@H]1C[C@@H]2OCCC[C@@H]2C[C@@H]1CC1OCCO1. The van der Waals surface area contributed by atoms with Crippen LogP contribution in [0.5, 0.6) is 0 Å². The van der Waals surface area contributed by atoms with E-state index < -0.39 is 0 Å². The van der Waals surface area contributed by atoms with Gasteiger partial charge in [0.2, 0.25) is 0 Å². The highest BCUT2D eigenvalue weighted by molar-refractivity contribution is 4.97. The molecule has 0 unspecified atom stereocenters. The Morgan fingerprint density at radius 3 is 2.68 bits per heavy atom. The summed E-state index contributed by atoms with van der Waals surface area (Å²) >= 11 is 0. The molecule has 0 aromatic carbocycles. The first-order valence-electron chi connectivity index (χ1n) is 7.84. The zero-order chi connectivity index (χ0) is 13.1. The predicted molar refractivity (Wildman–Crippen MR) is 73.8 cm³/mol. The van der Waals surface area contributed by atoms with Gasteiger partial charge in [0.15, 0.2) is 6.29 Å². The Morgan fingerprint density at radius 1 is 1.05 bits per heavy atom. The van der Waals surface area contributed by atoms with Gasteiger partial charge in [0, 0.05) is 13.0 Å². The Balaban J connectivity index is 1.64. The summed E-state index contributed by atoms with van der Waals surface area (Å²) in [4.78, 5) is 0. The molecule has 0 aromatic rings. The van der Waals surface area contributed by atoms with Gasteiger partial charge in [-0.1, -0.05) is 12.2 Å². The molecule has 0 spiro atoms. The van der Waals surface area contributed by atoms with Crippen LogP contribution in [0.3, 0.4) is 0 Å². The smallest absolute Gasteiger partial charge is 0.158 e. The molecule has 0 aromatic heterocycles. The quantitative estimate of drug-likeness (QED) is 0.734. The fraction of sp³-hybridized carbons (Fsp3) is 0.875. The Kier molecular flexibility index (Phi) is 4.57. The van der Waals surface area contributed by atoms with Crippen molar-refractivity contribution in [1.29, 1.82) is 0 Å². The van der Waals surface area contributed by atoms with E-state index in [0.717, 1.165) is 32.2 Å². The summed E-state index contributed by atoms with van der Waals surface area (Å²) in [5, 5.41) is 0. The van der Waals surface area contributed by atoms with Gasteiger partial charge >= 0.3 is 0 Å². The van der Waals surface area contributed by atoms with Gasteiger partial charge in [-0.2, -0.15) is 0 Å². The van der Waals surface area contributed by atoms with Gasteiger partial charge in [0.1, 0.15) is 0 Å². The van der Waals surface area contributed by atoms with E-state index in [1.165, 1.54) is 25.7 Å². The lowest BCUT2D eigenvalue weighted by atomic mass is 9.69. The minimum absolute atomic E-state index is 0.0406. The average molecular weight is 266 g/mol. The van der Waals surface area contributed by atoms with Crippen LogP contribution in [-0.2, 0) is 14.2 Å². The minimum Gasteiger partial charge on any atom is -0.378 e. The second-order valence-corrected chi connectivity index (χ2v) is 6.14. The van der Waals surface area contributed by atoms with Gasteiger partial charge < -0.3 is 14.2 Å². The van der Waals surface area contributed by atoms with Gasteiger partial charge in [-0.15, -0.1) is 0 Å². The summed E-state index contributed by atoms with van der Waals surface area (Å²) in [6.45, 7) is 4.61. The van der Waals surface area contributed by atoms with Crippen molar-refractivity contribution in [3.8, 4) is 0 Å². The van der Waals surface area contributed by atoms with Crippen LogP contribution in [-0.4, -0.2) is 32.2 Å². The zero-order valence-corrected chi connectivity index (χ0v) is 11.9. The van der Waals surface area contributed by atoms with E-state index in [-0.39, 0.29) is 6.29 Å². The number of hydrogen-bond acceptors (Lipinski definition) is 3. The standard InChI is InChI=1S/C16H26O3/c1-2-4-12-10-15-13(5-3-6-17-15)9-14(12)11-16-18-7-8-19-16/h2,4,12-16H,3,5-11H2,1H3/b4-2-/t12-,13+,14+,15-/m0/s1. The van der Waals surface area contributed by atoms with Gasteiger partial charge in [0.25, 0.3) is 0 Å². The summed E-state index contributed by atoms with van der Waals surface area (Å²) in [6, 6.07) is 0. The first-order valence-corrected chi connectivity index (χ1v) is 7.84. The second-order valence-electron chi connectivity index (χ2n) is 6.14. The van der Waals surface area contributed by atoms with E-state index in [1.807, 2.05) is 0 Å². The molecule has 3 heteroatoms. The molecule has 0 bridgehead atoms. The number of ether oxygens (including phenoxy) is 3. The molecule has 2 saturated heterocycles. The highest BCUT2D eigenvalue weighted by atomic mass is 16.7. The number of allylic oxidation sites excluding steroid dienone is 2. The highest BCUT2D eigenvalue weighted by Crippen LogP contribution is 2.43. The Morgan fingerprint density at radius 2 is 1.89 bits per heavy atom. The minimum atomic E-state index is 0.0406. The van der Waals surface area contributed by atoms with E-state index in [9.17, 15) is 0 Å². The van der Waals surface area contributed by atoms with Gasteiger partial charge in [0.05, 0.1) is 19.3 Å². The van der Waals surface area contributed by atoms with Crippen LogP contribution in [0.25, 0.3) is 0 Å². The molecule has 2 heterocycles. The molecule has 1 saturated carbocycles. The molecule has 1 aliphatic carbocycles. The largest absolute Gasteiger partial charge is 0.378 e. The van der Waals surface area contributed by atoms with Crippen LogP contribution in [0, 0.1) is 17.8 Å². The third kappa shape index (κ3) is 3.21. The molecule has 3 aliphatic rings. The first kappa shape index (κ1) is 13.6. The van der Waals surface area contributed by atoms with Crippen molar-refractivity contribution in [3.63, 3.8) is 0 Å². The third-order valence-electron chi connectivity index (χ3n) is 4.92. The normalized spacial score (nSPS) is 40.7. The monoisotopic (exact) mass is 266 g/mol. The van der Waals surface area contributed by atoms with E-state index in [1.54, 1.807) is 0 Å². The molecular weight excluding hydrogens is 240 g/mol. The first-order chi connectivity index (χ1) is 9.36. The summed E-state index contributed by atoms with van der Waals surface area (Å²) in [5.74, 6) is 2.10. The number of rotatable bonds is 3. The molecule has 3 nitrogen and oxygen atoms in total. The summed E-state index contributed by atoms with van der Waals surface area (Å²) in [6.07, 6.45) is 11.2. The predicted octanol–water partition coefficient (Wildman–Crippen LogP) is 3.15. The summed E-state index contributed by atoms with van der Waals surface area (Å²) < 4.78 is 17.3. The molecular formula is C16H26O3. The third-order valence-corrected chi connectivity index (χ3v) is 4.92. The van der Waals surface area contributed by atoms with Crippen molar-refractivity contribution in [2.45, 2.75) is 51.4 Å². The van der Waals surface area contributed by atoms with E-state index in [4.69, 9.17) is 14.2 Å². The lowest BCUT2D eigenvalue weighted by Crippen LogP contribution is -2.40. The van der Waals surface area contributed by atoms with Gasteiger partial charge in [-0.05, 0) is 50.4 Å². The lowest BCUT2D eigenvalue weighted by molar-refractivity contribution is -0.0971. The topological polar surface area (TPSA) is 27.7 Å². The molecule has 0 N–H and O–H groups in total. The van der Waals surface area contributed by atoms with Gasteiger partial charge in [-0.25, -0.2) is 0 Å². The van der Waals surface area contributed by atoms with Crippen molar-refractivity contribution in [1.82, 2.24) is 0 Å². The second kappa shape index (κ2) is 6.38. The average Bonchev–Trinajstić information content (AvgIpc) is 2.93. The molecule has 3 rings (SSSR count). The molecule has 19 heavy (non-hydrogen) atoms. The molecule has 0 amide bonds. The fourth-order valence-electron chi connectivity index (χ4n) is 4.00. The van der Waals surface area contributed by atoms with Crippen molar-refractivity contribution in [2.24, 2.45) is 17.8 Å². The summed E-state index contributed by atoms with van der Waals surface area (Å²) in [7, 11) is 0. The number of hydrogen-bond donors (Lipinski definition) is 0. The van der Waals surface area contributed by atoms with Crippen LogP contribution in [0.4, 0.5) is 0 Å².